The van der Waals surface area contributed by atoms with Gasteiger partial charge in [-0.25, -0.2) is 0 Å². The first kappa shape index (κ1) is 27.9. The number of nitroso groups, excluding NO2 is 1. The van der Waals surface area contributed by atoms with E-state index in [1.165, 1.54) is 6.07 Å². The van der Waals surface area contributed by atoms with E-state index >= 15 is 0 Å². The lowest BCUT2D eigenvalue weighted by atomic mass is 9.89. The highest BCUT2D eigenvalue weighted by Gasteiger charge is 2.35. The molecule has 2 aliphatic heterocycles. The number of nitrogens with one attached hydrogen (secondary N) is 1. The Labute approximate surface area is 216 Å². The molecule has 0 saturated carbocycles. The standard InChI is InChI=1S/C26H28F6N4O2/c27-25(28,29)19-3-1-17(2-4-19)18-7-11-35(12-8-18)13-10-24(37)36-14-9-21(16-36)33-20-5-6-23(34-38)22(15-20)26(30,31)32/h1-6,15,18,21,33H,7-14,16H2/t21-/m0/s1. The van der Waals surface area contributed by atoms with Gasteiger partial charge < -0.3 is 15.1 Å². The molecule has 12 heteroatoms. The molecule has 2 heterocycles. The quantitative estimate of drug-likeness (QED) is 0.325. The molecule has 0 bridgehead atoms. The zero-order chi connectivity index (χ0) is 27.5. The van der Waals surface area contributed by atoms with Crippen molar-refractivity contribution in [3.63, 3.8) is 0 Å². The van der Waals surface area contributed by atoms with Crippen LogP contribution in [0.4, 0.5) is 37.7 Å². The van der Waals surface area contributed by atoms with E-state index in [-0.39, 0.29) is 23.6 Å². The molecule has 0 unspecified atom stereocenters. The van der Waals surface area contributed by atoms with Crippen molar-refractivity contribution in [1.29, 1.82) is 0 Å². The highest BCUT2D eigenvalue weighted by molar-refractivity contribution is 5.77. The van der Waals surface area contributed by atoms with Crippen molar-refractivity contribution in [2.75, 3.05) is 38.0 Å². The predicted octanol–water partition coefficient (Wildman–Crippen LogP) is 6.40. The summed E-state index contributed by atoms with van der Waals surface area (Å²) in [5, 5.41) is 5.46. The van der Waals surface area contributed by atoms with Crippen LogP contribution in [0.2, 0.25) is 0 Å². The Bertz CT molecular complexity index is 1130. The number of amides is 1. The number of likely N-dealkylation sites (tertiary alicyclic amines) is 2. The van der Waals surface area contributed by atoms with Gasteiger partial charge in [-0.15, -0.1) is 4.91 Å². The van der Waals surface area contributed by atoms with Crippen LogP contribution in [0.1, 0.15) is 48.3 Å². The minimum Gasteiger partial charge on any atom is -0.380 e. The number of anilines is 1. The summed E-state index contributed by atoms with van der Waals surface area (Å²) in [6.45, 7) is 2.92. The monoisotopic (exact) mass is 542 g/mol. The Kier molecular flexibility index (Phi) is 8.29. The Balaban J connectivity index is 1.21. The maximum absolute atomic E-state index is 13.2. The zero-order valence-corrected chi connectivity index (χ0v) is 20.5. The molecule has 2 saturated heterocycles. The van der Waals surface area contributed by atoms with Crippen molar-refractivity contribution < 1.29 is 31.1 Å². The summed E-state index contributed by atoms with van der Waals surface area (Å²) >= 11 is 0. The molecule has 6 nitrogen and oxygen atoms in total. The molecule has 2 aromatic carbocycles. The smallest absolute Gasteiger partial charge is 0.380 e. The van der Waals surface area contributed by atoms with Gasteiger partial charge in [-0.3, -0.25) is 4.79 Å². The van der Waals surface area contributed by atoms with Crippen LogP contribution < -0.4 is 5.32 Å². The van der Waals surface area contributed by atoms with E-state index in [1.54, 1.807) is 17.0 Å². The van der Waals surface area contributed by atoms with E-state index in [1.807, 2.05) is 0 Å². The molecule has 1 amide bonds. The Morgan fingerprint density at radius 1 is 0.921 bits per heavy atom. The summed E-state index contributed by atoms with van der Waals surface area (Å²) in [5.74, 6) is 0.152. The third-order valence-electron chi connectivity index (χ3n) is 7.25. The van der Waals surface area contributed by atoms with Gasteiger partial charge in [-0.1, -0.05) is 12.1 Å². The number of nitrogens with zero attached hydrogens (tertiary/aromatic N) is 3. The summed E-state index contributed by atoms with van der Waals surface area (Å²) in [5.41, 5.74) is -1.33. The maximum atomic E-state index is 13.2. The number of carbonyl (C=O) groups excluding carboxylic acids is 1. The minimum absolute atomic E-state index is 0.0318. The SMILES string of the molecule is O=Nc1ccc(N[C@H]2CCN(C(=O)CCN3CCC(c4ccc(C(F)(F)F)cc4)CC3)C2)cc1C(F)(F)F. The second-order valence-electron chi connectivity index (χ2n) is 9.78. The van der Waals surface area contributed by atoms with Crippen LogP contribution in [-0.2, 0) is 17.1 Å². The Morgan fingerprint density at radius 2 is 1.61 bits per heavy atom. The number of hydrogen-bond acceptors (Lipinski definition) is 5. The average molecular weight is 543 g/mol. The van der Waals surface area contributed by atoms with Crippen molar-refractivity contribution >= 4 is 17.3 Å². The Hall–Kier alpha value is -3.15. The molecule has 206 valence electrons. The summed E-state index contributed by atoms with van der Waals surface area (Å²) in [6, 6.07) is 8.35. The number of hydrogen-bond donors (Lipinski definition) is 1. The molecule has 0 radical (unpaired) electrons. The van der Waals surface area contributed by atoms with E-state index < -0.39 is 29.2 Å². The number of alkyl halides is 6. The van der Waals surface area contributed by atoms with E-state index in [0.29, 0.717) is 32.5 Å². The van der Waals surface area contributed by atoms with Crippen LogP contribution in [0.15, 0.2) is 47.6 Å². The van der Waals surface area contributed by atoms with Gasteiger partial charge in [0.15, 0.2) is 0 Å². The van der Waals surface area contributed by atoms with Gasteiger partial charge in [0.05, 0.1) is 11.1 Å². The number of piperidine rings is 1. The summed E-state index contributed by atoms with van der Waals surface area (Å²) in [6.07, 6.45) is -6.56. The first-order chi connectivity index (χ1) is 17.9. The van der Waals surface area contributed by atoms with Gasteiger partial charge >= 0.3 is 12.4 Å². The largest absolute Gasteiger partial charge is 0.418 e. The topological polar surface area (TPSA) is 65.0 Å². The van der Waals surface area contributed by atoms with E-state index in [0.717, 1.165) is 55.8 Å². The Morgan fingerprint density at radius 3 is 2.21 bits per heavy atom. The van der Waals surface area contributed by atoms with Gasteiger partial charge in [0.2, 0.25) is 5.91 Å². The van der Waals surface area contributed by atoms with Crippen LogP contribution in [0.3, 0.4) is 0 Å². The van der Waals surface area contributed by atoms with Crippen molar-refractivity contribution in [3.05, 3.63) is 64.1 Å². The fourth-order valence-electron chi connectivity index (χ4n) is 5.12. The van der Waals surface area contributed by atoms with Crippen molar-refractivity contribution in [3.8, 4) is 0 Å². The molecular weight excluding hydrogens is 514 g/mol. The highest BCUT2D eigenvalue weighted by atomic mass is 19.4. The molecule has 0 spiro atoms. The minimum atomic E-state index is -4.70. The maximum Gasteiger partial charge on any atom is 0.418 e. The van der Waals surface area contributed by atoms with Crippen LogP contribution in [0.25, 0.3) is 0 Å². The predicted molar refractivity (Wildman–Crippen MR) is 130 cm³/mol. The second-order valence-corrected chi connectivity index (χ2v) is 9.78. The van der Waals surface area contributed by atoms with Crippen LogP contribution in [0, 0.1) is 4.91 Å². The molecule has 38 heavy (non-hydrogen) atoms. The van der Waals surface area contributed by atoms with Crippen molar-refractivity contribution in [2.45, 2.75) is 50.0 Å². The number of benzene rings is 2. The fourth-order valence-corrected chi connectivity index (χ4v) is 5.12. The molecule has 2 aliphatic rings. The molecule has 4 rings (SSSR count). The molecule has 0 aromatic heterocycles. The number of halogens is 6. The molecule has 1 N–H and O–H groups in total. The first-order valence-corrected chi connectivity index (χ1v) is 12.4. The van der Waals surface area contributed by atoms with Gasteiger partial charge in [0.25, 0.3) is 0 Å². The van der Waals surface area contributed by atoms with Crippen LogP contribution in [0.5, 0.6) is 0 Å². The summed E-state index contributed by atoms with van der Waals surface area (Å²) in [7, 11) is 0. The van der Waals surface area contributed by atoms with E-state index in [4.69, 9.17) is 0 Å². The number of carbonyl (C=O) groups is 1. The molecule has 0 aliphatic carbocycles. The normalized spacial score (nSPS) is 19.5. The van der Waals surface area contributed by atoms with Gasteiger partial charge in [-0.05, 0) is 79.3 Å². The first-order valence-electron chi connectivity index (χ1n) is 12.4. The molecule has 1 atom stereocenters. The van der Waals surface area contributed by atoms with Gasteiger partial charge in [0, 0.05) is 37.8 Å². The molecular formula is C26H28F6N4O2. The third-order valence-corrected chi connectivity index (χ3v) is 7.25. The lowest BCUT2D eigenvalue weighted by molar-refractivity contribution is -0.138. The van der Waals surface area contributed by atoms with Crippen molar-refractivity contribution in [1.82, 2.24) is 9.80 Å². The zero-order valence-electron chi connectivity index (χ0n) is 20.5. The highest BCUT2D eigenvalue weighted by Crippen LogP contribution is 2.38. The van der Waals surface area contributed by atoms with Gasteiger partial charge in [-0.2, -0.15) is 26.3 Å². The van der Waals surface area contributed by atoms with E-state index in [9.17, 15) is 36.0 Å². The molecule has 2 fully saturated rings. The second kappa shape index (κ2) is 11.3. The fraction of sp³-hybridized carbons (Fsp3) is 0.500. The summed E-state index contributed by atoms with van der Waals surface area (Å²) in [4.78, 5) is 27.3. The van der Waals surface area contributed by atoms with Crippen LogP contribution in [-0.4, -0.2) is 54.5 Å². The number of rotatable bonds is 7. The van der Waals surface area contributed by atoms with E-state index in [2.05, 4.69) is 15.4 Å². The lowest BCUT2D eigenvalue weighted by Gasteiger charge is -2.32. The average Bonchev–Trinajstić information content (AvgIpc) is 3.35. The van der Waals surface area contributed by atoms with Crippen LogP contribution >= 0.6 is 0 Å². The summed E-state index contributed by atoms with van der Waals surface area (Å²) < 4.78 is 77.9. The van der Waals surface area contributed by atoms with Crippen molar-refractivity contribution in [2.24, 2.45) is 5.18 Å². The third kappa shape index (κ3) is 6.83. The lowest BCUT2D eigenvalue weighted by Crippen LogP contribution is -2.37. The van der Waals surface area contributed by atoms with Gasteiger partial charge in [0.1, 0.15) is 5.69 Å². The molecule has 2 aromatic rings.